The molecule has 1 saturated heterocycles. The zero-order chi connectivity index (χ0) is 22.8. The standard InChI is InChI=1S/C25H24N4O3S/c30-19(13-16-29-22(31)25(28-24(29)32)14-7-8-15-25)26-23-27-20(17-9-3-1-4-10-17)21(33-23)18-11-5-2-6-12-18/h1-6,9-12H,7-8,13-16H2,(H,28,32)(H,26,27,30). The number of nitrogens with one attached hydrogen (secondary N) is 2. The van der Waals surface area contributed by atoms with E-state index in [0.29, 0.717) is 18.0 Å². The van der Waals surface area contributed by atoms with Crippen molar-refractivity contribution in [2.75, 3.05) is 11.9 Å². The highest BCUT2D eigenvalue weighted by Crippen LogP contribution is 2.39. The molecule has 33 heavy (non-hydrogen) atoms. The van der Waals surface area contributed by atoms with E-state index in [-0.39, 0.29) is 24.8 Å². The Labute approximate surface area is 195 Å². The number of benzene rings is 2. The first-order valence-corrected chi connectivity index (χ1v) is 11.9. The van der Waals surface area contributed by atoms with E-state index in [2.05, 4.69) is 10.6 Å². The average molecular weight is 461 g/mol. The van der Waals surface area contributed by atoms with Crippen LogP contribution in [0.3, 0.4) is 0 Å². The van der Waals surface area contributed by atoms with E-state index >= 15 is 0 Å². The maximum atomic E-state index is 12.8. The Bertz CT molecular complexity index is 1130. The van der Waals surface area contributed by atoms with Crippen LogP contribution in [0.5, 0.6) is 0 Å². The first-order valence-electron chi connectivity index (χ1n) is 11.1. The van der Waals surface area contributed by atoms with E-state index in [4.69, 9.17) is 4.98 Å². The minimum absolute atomic E-state index is 0.0240. The van der Waals surface area contributed by atoms with Gasteiger partial charge in [0.1, 0.15) is 5.54 Å². The number of thiazole rings is 1. The van der Waals surface area contributed by atoms with Crippen LogP contribution in [0.25, 0.3) is 21.7 Å². The maximum Gasteiger partial charge on any atom is 0.325 e. The van der Waals surface area contributed by atoms with E-state index in [9.17, 15) is 14.4 Å². The van der Waals surface area contributed by atoms with Crippen molar-refractivity contribution in [1.29, 1.82) is 0 Å². The van der Waals surface area contributed by atoms with Crippen LogP contribution in [-0.4, -0.2) is 39.8 Å². The predicted octanol–water partition coefficient (Wildman–Crippen LogP) is 4.67. The summed E-state index contributed by atoms with van der Waals surface area (Å²) in [5, 5.41) is 6.19. The monoisotopic (exact) mass is 460 g/mol. The summed E-state index contributed by atoms with van der Waals surface area (Å²) >= 11 is 1.41. The summed E-state index contributed by atoms with van der Waals surface area (Å²) in [7, 11) is 0. The molecule has 1 saturated carbocycles. The fourth-order valence-corrected chi connectivity index (χ4v) is 5.55. The van der Waals surface area contributed by atoms with Gasteiger partial charge in [-0.15, -0.1) is 0 Å². The number of carbonyl (C=O) groups excluding carboxylic acids is 3. The number of nitrogens with zero attached hydrogens (tertiary/aromatic N) is 2. The van der Waals surface area contributed by atoms with Gasteiger partial charge in [0.15, 0.2) is 5.13 Å². The Balaban J connectivity index is 1.30. The smallest absolute Gasteiger partial charge is 0.323 e. The minimum Gasteiger partial charge on any atom is -0.323 e. The lowest BCUT2D eigenvalue weighted by Gasteiger charge is -2.19. The molecule has 5 rings (SSSR count). The van der Waals surface area contributed by atoms with Gasteiger partial charge in [0, 0.05) is 18.5 Å². The summed E-state index contributed by atoms with van der Waals surface area (Å²) in [4.78, 5) is 44.6. The van der Waals surface area contributed by atoms with Crippen LogP contribution in [0.4, 0.5) is 9.93 Å². The molecule has 2 aliphatic rings. The fraction of sp³-hybridized carbons (Fsp3) is 0.280. The third kappa shape index (κ3) is 4.14. The van der Waals surface area contributed by atoms with E-state index in [0.717, 1.165) is 34.5 Å². The molecule has 7 nitrogen and oxygen atoms in total. The molecule has 2 aromatic carbocycles. The topological polar surface area (TPSA) is 91.4 Å². The van der Waals surface area contributed by atoms with E-state index in [1.54, 1.807) is 0 Å². The van der Waals surface area contributed by atoms with Crippen LogP contribution in [0.15, 0.2) is 60.7 Å². The molecule has 8 heteroatoms. The Morgan fingerprint density at radius 3 is 2.30 bits per heavy atom. The van der Waals surface area contributed by atoms with Crippen molar-refractivity contribution in [3.05, 3.63) is 60.7 Å². The van der Waals surface area contributed by atoms with Crippen LogP contribution in [0.2, 0.25) is 0 Å². The molecule has 0 atom stereocenters. The van der Waals surface area contributed by atoms with Crippen molar-refractivity contribution in [2.24, 2.45) is 0 Å². The number of imide groups is 1. The Hall–Kier alpha value is -3.52. The summed E-state index contributed by atoms with van der Waals surface area (Å²) in [6, 6.07) is 19.4. The number of carbonyl (C=O) groups is 3. The van der Waals surface area contributed by atoms with Crippen molar-refractivity contribution >= 4 is 34.3 Å². The lowest BCUT2D eigenvalue weighted by molar-refractivity contribution is -0.131. The normalized spacial score (nSPS) is 16.9. The maximum absolute atomic E-state index is 12.8. The van der Waals surface area contributed by atoms with Gasteiger partial charge in [0.25, 0.3) is 5.91 Å². The van der Waals surface area contributed by atoms with E-state index in [1.165, 1.54) is 16.2 Å². The Morgan fingerprint density at radius 2 is 1.64 bits per heavy atom. The minimum atomic E-state index is -0.752. The predicted molar refractivity (Wildman–Crippen MR) is 128 cm³/mol. The van der Waals surface area contributed by atoms with Crippen molar-refractivity contribution < 1.29 is 14.4 Å². The molecule has 1 aliphatic carbocycles. The van der Waals surface area contributed by atoms with Crippen molar-refractivity contribution in [3.63, 3.8) is 0 Å². The van der Waals surface area contributed by atoms with Crippen LogP contribution in [0, 0.1) is 0 Å². The van der Waals surface area contributed by atoms with Gasteiger partial charge < -0.3 is 10.6 Å². The molecule has 2 fully saturated rings. The molecule has 2 N–H and O–H groups in total. The van der Waals surface area contributed by atoms with Gasteiger partial charge in [-0.05, 0) is 18.4 Å². The third-order valence-electron chi connectivity index (χ3n) is 6.22. The second-order valence-electron chi connectivity index (χ2n) is 8.40. The zero-order valence-corrected chi connectivity index (χ0v) is 18.9. The SMILES string of the molecule is O=C(CCN1C(=O)NC2(CCCC2)C1=O)Nc1nc(-c2ccccc2)c(-c2ccccc2)s1. The lowest BCUT2D eigenvalue weighted by Crippen LogP contribution is -2.44. The molecule has 1 aliphatic heterocycles. The number of anilines is 1. The highest BCUT2D eigenvalue weighted by atomic mass is 32.1. The van der Waals surface area contributed by atoms with Crippen LogP contribution in [0.1, 0.15) is 32.1 Å². The molecule has 1 spiro atoms. The Morgan fingerprint density at radius 1 is 1.00 bits per heavy atom. The number of urea groups is 1. The number of aromatic nitrogens is 1. The zero-order valence-electron chi connectivity index (χ0n) is 18.0. The highest BCUT2D eigenvalue weighted by molar-refractivity contribution is 7.19. The Kier molecular flexibility index (Phi) is 5.68. The molecule has 0 unspecified atom stereocenters. The largest absolute Gasteiger partial charge is 0.325 e. The van der Waals surface area contributed by atoms with Gasteiger partial charge in [-0.3, -0.25) is 14.5 Å². The van der Waals surface area contributed by atoms with Gasteiger partial charge in [-0.25, -0.2) is 9.78 Å². The number of rotatable bonds is 6. The molecule has 1 aromatic heterocycles. The summed E-state index contributed by atoms with van der Waals surface area (Å²) < 4.78 is 0. The molecule has 0 radical (unpaired) electrons. The first kappa shape index (κ1) is 21.3. The quantitative estimate of drug-likeness (QED) is 0.523. The highest BCUT2D eigenvalue weighted by Gasteiger charge is 2.52. The second-order valence-corrected chi connectivity index (χ2v) is 9.40. The van der Waals surface area contributed by atoms with Gasteiger partial charge in [0.2, 0.25) is 5.91 Å². The van der Waals surface area contributed by atoms with Crippen LogP contribution in [-0.2, 0) is 9.59 Å². The lowest BCUT2D eigenvalue weighted by atomic mass is 9.98. The number of hydrogen-bond donors (Lipinski definition) is 2. The summed E-state index contributed by atoms with van der Waals surface area (Å²) in [6.45, 7) is 0.0563. The molecule has 0 bridgehead atoms. The van der Waals surface area contributed by atoms with Crippen molar-refractivity contribution in [3.8, 4) is 21.7 Å². The van der Waals surface area contributed by atoms with Gasteiger partial charge in [0.05, 0.1) is 10.6 Å². The molecule has 168 valence electrons. The number of hydrogen-bond acceptors (Lipinski definition) is 5. The van der Waals surface area contributed by atoms with E-state index in [1.807, 2.05) is 60.7 Å². The molecule has 3 aromatic rings. The first-order chi connectivity index (χ1) is 16.1. The molecule has 4 amide bonds. The number of amides is 4. The molecular weight excluding hydrogens is 436 g/mol. The summed E-state index contributed by atoms with van der Waals surface area (Å²) in [5.41, 5.74) is 2.04. The van der Waals surface area contributed by atoms with Gasteiger partial charge in [-0.2, -0.15) is 0 Å². The second kappa shape index (κ2) is 8.78. The van der Waals surface area contributed by atoms with E-state index < -0.39 is 11.6 Å². The average Bonchev–Trinajstić information content (AvgIpc) is 3.53. The van der Waals surface area contributed by atoms with Gasteiger partial charge in [-0.1, -0.05) is 84.8 Å². The van der Waals surface area contributed by atoms with Crippen molar-refractivity contribution in [2.45, 2.75) is 37.6 Å². The fourth-order valence-electron chi connectivity index (χ4n) is 4.54. The van der Waals surface area contributed by atoms with Crippen LogP contribution >= 0.6 is 11.3 Å². The summed E-state index contributed by atoms with van der Waals surface area (Å²) in [6.07, 6.45) is 3.22. The molecular formula is C25H24N4O3S. The van der Waals surface area contributed by atoms with Crippen molar-refractivity contribution in [1.82, 2.24) is 15.2 Å². The summed E-state index contributed by atoms with van der Waals surface area (Å²) in [5.74, 6) is -0.485. The molecule has 2 heterocycles. The van der Waals surface area contributed by atoms with Crippen LogP contribution < -0.4 is 10.6 Å². The van der Waals surface area contributed by atoms with Gasteiger partial charge >= 0.3 is 6.03 Å². The third-order valence-corrected chi connectivity index (χ3v) is 7.24.